The minimum atomic E-state index is 0.728. The Balaban J connectivity index is 1.62. The predicted molar refractivity (Wildman–Crippen MR) is 158 cm³/mol. The van der Waals surface area contributed by atoms with E-state index in [0.717, 1.165) is 71.2 Å². The van der Waals surface area contributed by atoms with E-state index in [2.05, 4.69) is 99.8 Å². The molecule has 0 unspecified atom stereocenters. The molecule has 0 radical (unpaired) electrons. The van der Waals surface area contributed by atoms with E-state index in [1.165, 1.54) is 0 Å². The molecule has 0 saturated carbocycles. The molecule has 5 aromatic carbocycles. The Hall–Kier alpha value is -4.87. The summed E-state index contributed by atoms with van der Waals surface area (Å²) in [6, 6.07) is 41.8. The summed E-state index contributed by atoms with van der Waals surface area (Å²) >= 11 is 6.27. The van der Waals surface area contributed by atoms with Gasteiger partial charge in [0.05, 0.1) is 27.6 Å². The highest BCUT2D eigenvalue weighted by atomic mass is 32.1. The molecule has 0 aliphatic carbocycles. The van der Waals surface area contributed by atoms with Crippen LogP contribution in [0.25, 0.3) is 66.5 Å². The van der Waals surface area contributed by atoms with E-state index >= 15 is 0 Å². The quantitative estimate of drug-likeness (QED) is 0.134. The number of fused-ring (bicyclic) bond motifs is 9. The first kappa shape index (κ1) is 21.2. The van der Waals surface area contributed by atoms with Gasteiger partial charge in [-0.3, -0.25) is 8.80 Å². The zero-order valence-corrected chi connectivity index (χ0v) is 21.1. The van der Waals surface area contributed by atoms with Crippen LogP contribution in [-0.4, -0.2) is 18.8 Å². The lowest BCUT2D eigenvalue weighted by atomic mass is 9.96. The molecule has 0 fully saturated rings. The van der Waals surface area contributed by atoms with E-state index in [0.29, 0.717) is 0 Å². The first-order chi connectivity index (χ1) is 18.8. The number of para-hydroxylation sites is 4. The SMILES string of the molecule is S=c1c2cc(-c3ccccc3)cc(-c3ccccc3)c2nc2c3nc4ccccc4n3c3ccccc3n12. The molecular formula is C33H20N4S. The third kappa shape index (κ3) is 3.00. The highest BCUT2D eigenvalue weighted by molar-refractivity contribution is 7.71. The van der Waals surface area contributed by atoms with Crippen LogP contribution in [0.3, 0.4) is 0 Å². The standard InChI is InChI=1S/C33H20N4S/c38-33-25-20-23(21-11-3-1-4-12-21)19-24(22-13-5-2-6-14-22)30(25)35-32-31-34-26-15-7-8-16-27(26)36(31)28-17-9-10-18-29(28)37(32)33/h1-20H. The Bertz CT molecular complexity index is 2250. The van der Waals surface area contributed by atoms with Crippen LogP contribution in [0, 0.1) is 4.64 Å². The maximum absolute atomic E-state index is 6.27. The molecule has 8 aromatic rings. The smallest absolute Gasteiger partial charge is 0.183 e. The minimum absolute atomic E-state index is 0.728. The summed E-state index contributed by atoms with van der Waals surface area (Å²) in [7, 11) is 0. The highest BCUT2D eigenvalue weighted by Gasteiger charge is 2.18. The van der Waals surface area contributed by atoms with Crippen molar-refractivity contribution in [1.29, 1.82) is 0 Å². The van der Waals surface area contributed by atoms with E-state index in [1.807, 2.05) is 30.3 Å². The predicted octanol–water partition coefficient (Wildman–Crippen LogP) is 8.51. The number of aromatic nitrogens is 4. The fourth-order valence-electron chi connectivity index (χ4n) is 5.56. The van der Waals surface area contributed by atoms with Crippen molar-refractivity contribution in [3.05, 3.63) is 126 Å². The summed E-state index contributed by atoms with van der Waals surface area (Å²) < 4.78 is 5.03. The second kappa shape index (κ2) is 8.07. The Morgan fingerprint density at radius 2 is 1.08 bits per heavy atom. The van der Waals surface area contributed by atoms with E-state index in [4.69, 9.17) is 22.2 Å². The van der Waals surface area contributed by atoms with Crippen LogP contribution >= 0.6 is 12.2 Å². The summed E-state index contributed by atoms with van der Waals surface area (Å²) in [5.41, 5.74) is 10.9. The molecule has 0 spiro atoms. The third-order valence-electron chi connectivity index (χ3n) is 7.29. The van der Waals surface area contributed by atoms with Crippen molar-refractivity contribution >= 4 is 56.5 Å². The van der Waals surface area contributed by atoms with Crippen LogP contribution in [0.5, 0.6) is 0 Å². The van der Waals surface area contributed by atoms with Crippen LogP contribution < -0.4 is 0 Å². The lowest BCUT2D eigenvalue weighted by molar-refractivity contribution is 1.13. The zero-order valence-electron chi connectivity index (χ0n) is 20.2. The summed E-state index contributed by atoms with van der Waals surface area (Å²) in [6.07, 6.45) is 0. The van der Waals surface area contributed by atoms with Gasteiger partial charge >= 0.3 is 0 Å². The van der Waals surface area contributed by atoms with Gasteiger partial charge in [0.25, 0.3) is 0 Å². The van der Waals surface area contributed by atoms with Crippen LogP contribution in [0.1, 0.15) is 0 Å². The van der Waals surface area contributed by atoms with Gasteiger partial charge < -0.3 is 0 Å². The summed E-state index contributed by atoms with van der Waals surface area (Å²) in [4.78, 5) is 10.4. The lowest BCUT2D eigenvalue weighted by Gasteiger charge is -2.15. The van der Waals surface area contributed by atoms with E-state index in [1.54, 1.807) is 0 Å². The molecule has 38 heavy (non-hydrogen) atoms. The van der Waals surface area contributed by atoms with Crippen molar-refractivity contribution in [3.8, 4) is 22.3 Å². The van der Waals surface area contributed by atoms with Crippen LogP contribution in [-0.2, 0) is 0 Å². The number of nitrogens with zero attached hydrogens (tertiary/aromatic N) is 4. The molecule has 178 valence electrons. The lowest BCUT2D eigenvalue weighted by Crippen LogP contribution is -2.04. The van der Waals surface area contributed by atoms with Crippen molar-refractivity contribution in [1.82, 2.24) is 18.8 Å². The molecule has 0 atom stereocenters. The normalized spacial score (nSPS) is 11.8. The second-order valence-electron chi connectivity index (χ2n) is 9.48. The van der Waals surface area contributed by atoms with E-state index in [9.17, 15) is 0 Å². The van der Waals surface area contributed by atoms with Crippen molar-refractivity contribution in [2.75, 3.05) is 0 Å². The van der Waals surface area contributed by atoms with Gasteiger partial charge in [0.1, 0.15) is 4.64 Å². The topological polar surface area (TPSA) is 34.6 Å². The maximum atomic E-state index is 6.27. The van der Waals surface area contributed by atoms with Crippen molar-refractivity contribution in [2.24, 2.45) is 0 Å². The monoisotopic (exact) mass is 504 g/mol. The summed E-state index contributed by atoms with van der Waals surface area (Å²) in [6.45, 7) is 0. The van der Waals surface area contributed by atoms with Crippen LogP contribution in [0.4, 0.5) is 0 Å². The van der Waals surface area contributed by atoms with Gasteiger partial charge in [0.2, 0.25) is 0 Å². The average molecular weight is 505 g/mol. The summed E-state index contributed by atoms with van der Waals surface area (Å²) in [5.74, 6) is 0. The molecule has 0 saturated heterocycles. The Labute approximate surface area is 223 Å². The van der Waals surface area contributed by atoms with Crippen molar-refractivity contribution in [3.63, 3.8) is 0 Å². The number of hydrogen-bond acceptors (Lipinski definition) is 3. The van der Waals surface area contributed by atoms with Crippen LogP contribution in [0.2, 0.25) is 0 Å². The molecule has 4 nitrogen and oxygen atoms in total. The first-order valence-electron chi connectivity index (χ1n) is 12.6. The van der Waals surface area contributed by atoms with Gasteiger partial charge in [0, 0.05) is 10.9 Å². The summed E-state index contributed by atoms with van der Waals surface area (Å²) in [5, 5.41) is 0.948. The zero-order chi connectivity index (χ0) is 25.2. The Kier molecular flexibility index (Phi) is 4.51. The number of hydrogen-bond donors (Lipinski definition) is 0. The Morgan fingerprint density at radius 3 is 1.82 bits per heavy atom. The molecule has 0 amide bonds. The molecule has 0 N–H and O–H groups in total. The van der Waals surface area contributed by atoms with Crippen molar-refractivity contribution < 1.29 is 0 Å². The van der Waals surface area contributed by atoms with E-state index in [-0.39, 0.29) is 0 Å². The fourth-order valence-corrected chi connectivity index (χ4v) is 5.90. The van der Waals surface area contributed by atoms with Gasteiger partial charge in [-0.05, 0) is 53.1 Å². The fraction of sp³-hybridized carbons (Fsp3) is 0. The van der Waals surface area contributed by atoms with Gasteiger partial charge in [-0.15, -0.1) is 0 Å². The number of imidazole rings is 1. The molecule has 5 heteroatoms. The molecule has 8 rings (SSSR count). The molecule has 0 bridgehead atoms. The molecule has 0 aliphatic heterocycles. The number of benzene rings is 5. The molecule has 0 aliphatic rings. The molecule has 3 aromatic heterocycles. The minimum Gasteiger partial charge on any atom is -0.288 e. The van der Waals surface area contributed by atoms with Gasteiger partial charge in [0.15, 0.2) is 11.3 Å². The van der Waals surface area contributed by atoms with Crippen LogP contribution in [0.15, 0.2) is 121 Å². The number of rotatable bonds is 2. The van der Waals surface area contributed by atoms with E-state index < -0.39 is 0 Å². The largest absolute Gasteiger partial charge is 0.288 e. The van der Waals surface area contributed by atoms with Gasteiger partial charge in [-0.1, -0.05) is 97.1 Å². The maximum Gasteiger partial charge on any atom is 0.183 e. The molecular weight excluding hydrogens is 484 g/mol. The van der Waals surface area contributed by atoms with Gasteiger partial charge in [-0.2, -0.15) is 0 Å². The third-order valence-corrected chi connectivity index (χ3v) is 7.69. The second-order valence-corrected chi connectivity index (χ2v) is 9.86. The first-order valence-corrected chi connectivity index (χ1v) is 13.0. The highest BCUT2D eigenvalue weighted by Crippen LogP contribution is 2.36. The van der Waals surface area contributed by atoms with Crippen molar-refractivity contribution in [2.45, 2.75) is 0 Å². The Morgan fingerprint density at radius 1 is 0.500 bits per heavy atom. The van der Waals surface area contributed by atoms with Gasteiger partial charge in [-0.25, -0.2) is 9.97 Å². The average Bonchev–Trinajstić information content (AvgIpc) is 3.38. The molecule has 3 heterocycles.